The Labute approximate surface area is 169 Å². The van der Waals surface area contributed by atoms with Gasteiger partial charge in [0.1, 0.15) is 0 Å². The molecule has 3 heterocycles. The molecule has 2 N–H and O–H groups in total. The molecule has 0 bridgehead atoms. The predicted molar refractivity (Wildman–Crippen MR) is 112 cm³/mol. The number of rotatable bonds is 6. The van der Waals surface area contributed by atoms with Crippen LogP contribution in [0.2, 0.25) is 0 Å². The van der Waals surface area contributed by atoms with E-state index in [1.807, 2.05) is 13.1 Å². The third-order valence-corrected chi connectivity index (χ3v) is 6.71. The number of amides is 1. The van der Waals surface area contributed by atoms with E-state index in [4.69, 9.17) is 5.73 Å². The van der Waals surface area contributed by atoms with E-state index in [1.165, 1.54) is 18.5 Å². The van der Waals surface area contributed by atoms with Crippen molar-refractivity contribution < 1.29 is 4.79 Å². The number of aromatic nitrogens is 1. The summed E-state index contributed by atoms with van der Waals surface area (Å²) >= 11 is 0. The van der Waals surface area contributed by atoms with Crippen molar-refractivity contribution in [2.75, 3.05) is 44.2 Å². The van der Waals surface area contributed by atoms with Gasteiger partial charge in [0, 0.05) is 75.4 Å². The van der Waals surface area contributed by atoms with Crippen LogP contribution in [0.1, 0.15) is 44.2 Å². The first-order valence-electron chi connectivity index (χ1n) is 11.0. The standard InChI is InChI=1S/C22H35N5O/c1-17-13-19(7-8-24-17)25-9-2-10-26(12-11-25)22(28)14-20-5-6-21(15-23)27(20)16-18-3-4-18/h7-8,13,18,20-21H,2-6,9-12,14-16,23H2,1H3/t20-,21+/m0/s1. The second kappa shape index (κ2) is 8.78. The van der Waals surface area contributed by atoms with Crippen LogP contribution in [0.4, 0.5) is 5.69 Å². The smallest absolute Gasteiger partial charge is 0.224 e. The van der Waals surface area contributed by atoms with Crippen molar-refractivity contribution in [3.05, 3.63) is 24.0 Å². The molecule has 2 saturated heterocycles. The van der Waals surface area contributed by atoms with Crippen molar-refractivity contribution in [3.63, 3.8) is 0 Å². The minimum atomic E-state index is 0.330. The quantitative estimate of drug-likeness (QED) is 0.812. The van der Waals surface area contributed by atoms with Crippen molar-refractivity contribution in [2.24, 2.45) is 11.7 Å². The number of nitrogens with zero attached hydrogens (tertiary/aromatic N) is 4. The highest BCUT2D eigenvalue weighted by Crippen LogP contribution is 2.35. The number of anilines is 1. The SMILES string of the molecule is Cc1cc(N2CCCN(C(=O)C[C@@H]3CC[C@H](CN)N3CC3CC3)CC2)ccn1. The van der Waals surface area contributed by atoms with Crippen LogP contribution in [0.25, 0.3) is 0 Å². The van der Waals surface area contributed by atoms with Crippen molar-refractivity contribution in [1.29, 1.82) is 0 Å². The van der Waals surface area contributed by atoms with Gasteiger partial charge in [-0.25, -0.2) is 0 Å². The zero-order valence-corrected chi connectivity index (χ0v) is 17.2. The van der Waals surface area contributed by atoms with Crippen LogP contribution >= 0.6 is 0 Å². The second-order valence-electron chi connectivity index (χ2n) is 8.84. The number of pyridine rings is 1. The summed E-state index contributed by atoms with van der Waals surface area (Å²) in [7, 11) is 0. The molecule has 1 aromatic heterocycles. The topological polar surface area (TPSA) is 65.7 Å². The molecule has 1 aromatic rings. The molecule has 1 amide bonds. The summed E-state index contributed by atoms with van der Waals surface area (Å²) in [5.41, 5.74) is 8.27. The van der Waals surface area contributed by atoms with Crippen LogP contribution in [-0.2, 0) is 4.79 Å². The summed E-state index contributed by atoms with van der Waals surface area (Å²) in [6.07, 6.45) is 8.54. The first kappa shape index (κ1) is 19.6. The average molecular weight is 386 g/mol. The number of hydrogen-bond acceptors (Lipinski definition) is 5. The molecular weight excluding hydrogens is 350 g/mol. The Morgan fingerprint density at radius 1 is 1.14 bits per heavy atom. The maximum Gasteiger partial charge on any atom is 0.224 e. The molecule has 3 aliphatic rings. The van der Waals surface area contributed by atoms with Crippen LogP contribution in [0.3, 0.4) is 0 Å². The van der Waals surface area contributed by atoms with Gasteiger partial charge in [-0.15, -0.1) is 0 Å². The largest absolute Gasteiger partial charge is 0.370 e. The Bertz CT molecular complexity index is 677. The first-order chi connectivity index (χ1) is 13.6. The molecular formula is C22H35N5O. The lowest BCUT2D eigenvalue weighted by atomic mass is 10.1. The molecule has 2 aliphatic heterocycles. The lowest BCUT2D eigenvalue weighted by molar-refractivity contribution is -0.132. The molecule has 4 rings (SSSR count). The monoisotopic (exact) mass is 385 g/mol. The number of carbonyl (C=O) groups excluding carboxylic acids is 1. The Morgan fingerprint density at radius 2 is 1.96 bits per heavy atom. The predicted octanol–water partition coefficient (Wildman–Crippen LogP) is 2.02. The van der Waals surface area contributed by atoms with E-state index in [9.17, 15) is 4.79 Å². The highest BCUT2D eigenvalue weighted by molar-refractivity contribution is 5.77. The zero-order valence-electron chi connectivity index (χ0n) is 17.2. The molecule has 3 fully saturated rings. The van der Waals surface area contributed by atoms with E-state index in [1.54, 1.807) is 0 Å². The van der Waals surface area contributed by atoms with E-state index in [2.05, 4.69) is 31.8 Å². The summed E-state index contributed by atoms with van der Waals surface area (Å²) in [6, 6.07) is 5.08. The number of aryl methyl sites for hydroxylation is 1. The van der Waals surface area contributed by atoms with Gasteiger partial charge < -0.3 is 15.5 Å². The summed E-state index contributed by atoms with van der Waals surface area (Å²) in [6.45, 7) is 7.49. The fourth-order valence-electron chi connectivity index (χ4n) is 4.87. The fraction of sp³-hybridized carbons (Fsp3) is 0.727. The molecule has 0 radical (unpaired) electrons. The second-order valence-corrected chi connectivity index (χ2v) is 8.84. The normalized spacial score (nSPS) is 26.5. The van der Waals surface area contributed by atoms with Crippen LogP contribution in [0, 0.1) is 12.8 Å². The number of likely N-dealkylation sites (tertiary alicyclic amines) is 1. The van der Waals surface area contributed by atoms with Gasteiger partial charge in [0.2, 0.25) is 5.91 Å². The molecule has 154 valence electrons. The number of carbonyl (C=O) groups is 1. The Kier molecular flexibility index (Phi) is 6.16. The van der Waals surface area contributed by atoms with Gasteiger partial charge >= 0.3 is 0 Å². The molecule has 6 nitrogen and oxygen atoms in total. The fourth-order valence-corrected chi connectivity index (χ4v) is 4.87. The van der Waals surface area contributed by atoms with Gasteiger partial charge in [0.25, 0.3) is 0 Å². The van der Waals surface area contributed by atoms with Gasteiger partial charge in [-0.1, -0.05) is 0 Å². The Morgan fingerprint density at radius 3 is 2.71 bits per heavy atom. The molecule has 2 atom stereocenters. The minimum Gasteiger partial charge on any atom is -0.370 e. The number of hydrogen-bond donors (Lipinski definition) is 1. The van der Waals surface area contributed by atoms with Gasteiger partial charge in [0.15, 0.2) is 0 Å². The average Bonchev–Trinajstić information content (AvgIpc) is 3.47. The Balaban J connectivity index is 1.33. The van der Waals surface area contributed by atoms with E-state index < -0.39 is 0 Å². The maximum absolute atomic E-state index is 13.1. The van der Waals surface area contributed by atoms with E-state index in [0.717, 1.165) is 70.1 Å². The van der Waals surface area contributed by atoms with E-state index >= 15 is 0 Å². The summed E-state index contributed by atoms with van der Waals surface area (Å²) in [5, 5.41) is 0. The minimum absolute atomic E-state index is 0.330. The molecule has 28 heavy (non-hydrogen) atoms. The zero-order chi connectivity index (χ0) is 19.5. The summed E-state index contributed by atoms with van der Waals surface area (Å²) in [4.78, 5) is 24.4. The molecule has 1 aliphatic carbocycles. The van der Waals surface area contributed by atoms with Gasteiger partial charge in [-0.2, -0.15) is 0 Å². The lowest BCUT2D eigenvalue weighted by Gasteiger charge is -2.31. The van der Waals surface area contributed by atoms with Gasteiger partial charge in [-0.3, -0.25) is 14.7 Å². The molecule has 1 saturated carbocycles. The van der Waals surface area contributed by atoms with Gasteiger partial charge in [-0.05, 0) is 57.1 Å². The van der Waals surface area contributed by atoms with Crippen LogP contribution < -0.4 is 10.6 Å². The summed E-state index contributed by atoms with van der Waals surface area (Å²) < 4.78 is 0. The summed E-state index contributed by atoms with van der Waals surface area (Å²) in [5.74, 6) is 1.18. The van der Waals surface area contributed by atoms with Crippen molar-refractivity contribution >= 4 is 11.6 Å². The van der Waals surface area contributed by atoms with E-state index in [-0.39, 0.29) is 0 Å². The Hall–Kier alpha value is -1.66. The van der Waals surface area contributed by atoms with E-state index in [0.29, 0.717) is 24.4 Å². The molecule has 0 spiro atoms. The number of nitrogens with two attached hydrogens (primary N) is 1. The maximum atomic E-state index is 13.1. The third kappa shape index (κ3) is 4.66. The van der Waals surface area contributed by atoms with Crippen LogP contribution in [0.15, 0.2) is 18.3 Å². The van der Waals surface area contributed by atoms with Crippen LogP contribution in [-0.4, -0.2) is 72.0 Å². The highest BCUT2D eigenvalue weighted by Gasteiger charge is 2.38. The van der Waals surface area contributed by atoms with Crippen molar-refractivity contribution in [1.82, 2.24) is 14.8 Å². The van der Waals surface area contributed by atoms with Crippen molar-refractivity contribution in [2.45, 2.75) is 57.5 Å². The van der Waals surface area contributed by atoms with Gasteiger partial charge in [0.05, 0.1) is 0 Å². The molecule has 6 heteroatoms. The van der Waals surface area contributed by atoms with Crippen molar-refractivity contribution in [3.8, 4) is 0 Å². The van der Waals surface area contributed by atoms with Crippen LogP contribution in [0.5, 0.6) is 0 Å². The first-order valence-corrected chi connectivity index (χ1v) is 11.0. The molecule has 0 aromatic carbocycles. The highest BCUT2D eigenvalue weighted by atomic mass is 16.2. The molecule has 0 unspecified atom stereocenters. The lowest BCUT2D eigenvalue weighted by Crippen LogP contribution is -2.44. The third-order valence-electron chi connectivity index (χ3n) is 6.71.